The number of imide groups is 1. The van der Waals surface area contributed by atoms with E-state index in [0.29, 0.717) is 24.0 Å². The molecule has 1 N–H and O–H groups in total. The fourth-order valence-corrected chi connectivity index (χ4v) is 3.90. The van der Waals surface area contributed by atoms with Gasteiger partial charge in [0, 0.05) is 23.1 Å². The molecule has 0 spiro atoms. The molecule has 6 nitrogen and oxygen atoms in total. The zero-order valence-electron chi connectivity index (χ0n) is 13.0. The molecular formula is C17H13ClFNO5. The number of amides is 2. The third-order valence-corrected chi connectivity index (χ3v) is 5.08. The molecule has 1 aromatic carbocycles. The first-order chi connectivity index (χ1) is 11.9. The Bertz CT molecular complexity index is 850. The highest BCUT2D eigenvalue weighted by Gasteiger charge is 2.44. The standard InChI is InChI=1S/C17H13ClFNO5/c18-10-6-11(19)13(9-5-12(17(23)24)25-14(9)10)20-15(21)7-3-1-2-4-8(7)16(20)22/h6,12H,1-5H2,(H,23,24). The number of fused-ring (bicyclic) bond motifs is 1. The summed E-state index contributed by atoms with van der Waals surface area (Å²) in [6.45, 7) is 0. The minimum atomic E-state index is -1.23. The first-order valence-electron chi connectivity index (χ1n) is 7.91. The van der Waals surface area contributed by atoms with E-state index >= 15 is 0 Å². The zero-order valence-corrected chi connectivity index (χ0v) is 13.7. The Balaban J connectivity index is 1.83. The van der Waals surface area contributed by atoms with Crippen LogP contribution in [0.4, 0.5) is 10.1 Å². The van der Waals surface area contributed by atoms with Crippen molar-refractivity contribution in [3.05, 3.63) is 33.6 Å². The summed E-state index contributed by atoms with van der Waals surface area (Å²) < 4.78 is 19.9. The van der Waals surface area contributed by atoms with Crippen LogP contribution in [0.2, 0.25) is 5.02 Å². The lowest BCUT2D eigenvalue weighted by molar-refractivity contribution is -0.144. The van der Waals surface area contributed by atoms with Crippen molar-refractivity contribution in [2.24, 2.45) is 0 Å². The molecule has 0 fully saturated rings. The second kappa shape index (κ2) is 5.56. The van der Waals surface area contributed by atoms with Gasteiger partial charge in [-0.25, -0.2) is 14.1 Å². The lowest BCUT2D eigenvalue weighted by atomic mass is 9.93. The fourth-order valence-electron chi connectivity index (χ4n) is 3.65. The van der Waals surface area contributed by atoms with Crippen LogP contribution >= 0.6 is 11.6 Å². The van der Waals surface area contributed by atoms with Gasteiger partial charge in [0.25, 0.3) is 11.8 Å². The van der Waals surface area contributed by atoms with E-state index in [9.17, 15) is 18.8 Å². The summed E-state index contributed by atoms with van der Waals surface area (Å²) >= 11 is 5.96. The molecule has 0 aromatic heterocycles. The van der Waals surface area contributed by atoms with Gasteiger partial charge in [-0.15, -0.1) is 0 Å². The van der Waals surface area contributed by atoms with Gasteiger partial charge in [0.1, 0.15) is 11.6 Å². The average molecular weight is 366 g/mol. The highest BCUT2D eigenvalue weighted by molar-refractivity contribution is 6.35. The van der Waals surface area contributed by atoms with Gasteiger partial charge in [-0.2, -0.15) is 0 Å². The first-order valence-corrected chi connectivity index (χ1v) is 8.29. The summed E-state index contributed by atoms with van der Waals surface area (Å²) in [5.74, 6) is -3.14. The molecule has 130 valence electrons. The molecule has 0 saturated heterocycles. The van der Waals surface area contributed by atoms with E-state index < -0.39 is 29.7 Å². The van der Waals surface area contributed by atoms with E-state index in [0.717, 1.165) is 23.8 Å². The first kappa shape index (κ1) is 16.1. The maximum absolute atomic E-state index is 14.7. The molecule has 3 aliphatic rings. The smallest absolute Gasteiger partial charge is 0.345 e. The number of ether oxygens (including phenoxy) is 1. The second-order valence-corrected chi connectivity index (χ2v) is 6.66. The third-order valence-electron chi connectivity index (χ3n) is 4.80. The highest BCUT2D eigenvalue weighted by Crippen LogP contribution is 2.46. The van der Waals surface area contributed by atoms with Crippen molar-refractivity contribution >= 4 is 35.1 Å². The van der Waals surface area contributed by atoms with Crippen LogP contribution in [-0.4, -0.2) is 29.0 Å². The van der Waals surface area contributed by atoms with E-state index in [1.54, 1.807) is 0 Å². The number of carboxylic acid groups (broad SMARTS) is 1. The molecule has 2 heterocycles. The average Bonchev–Trinajstić information content (AvgIpc) is 3.12. The quantitative estimate of drug-likeness (QED) is 0.814. The van der Waals surface area contributed by atoms with Gasteiger partial charge in [0.15, 0.2) is 6.10 Å². The van der Waals surface area contributed by atoms with Crippen molar-refractivity contribution in [1.82, 2.24) is 0 Å². The van der Waals surface area contributed by atoms with Crippen molar-refractivity contribution in [2.75, 3.05) is 4.90 Å². The third kappa shape index (κ3) is 2.26. The number of aliphatic carboxylic acids is 1. The Kier molecular flexibility index (Phi) is 3.57. The van der Waals surface area contributed by atoms with Gasteiger partial charge in [-0.1, -0.05) is 11.6 Å². The monoisotopic (exact) mass is 365 g/mol. The number of anilines is 1. The largest absolute Gasteiger partial charge is 0.478 e. The molecule has 1 unspecified atom stereocenters. The Hall–Kier alpha value is -2.41. The summed E-state index contributed by atoms with van der Waals surface area (Å²) in [6.07, 6.45) is 1.18. The molecule has 1 aliphatic carbocycles. The number of halogens is 2. The van der Waals surface area contributed by atoms with Gasteiger partial charge in [0.05, 0.1) is 10.7 Å². The van der Waals surface area contributed by atoms with Crippen molar-refractivity contribution < 1.29 is 28.6 Å². The van der Waals surface area contributed by atoms with Crippen LogP contribution in [-0.2, 0) is 20.8 Å². The fraction of sp³-hybridized carbons (Fsp3) is 0.353. The van der Waals surface area contributed by atoms with Gasteiger partial charge in [-0.3, -0.25) is 9.59 Å². The van der Waals surface area contributed by atoms with Crippen LogP contribution in [0.5, 0.6) is 5.75 Å². The minimum Gasteiger partial charge on any atom is -0.478 e. The van der Waals surface area contributed by atoms with Crippen LogP contribution in [0.25, 0.3) is 0 Å². The molecule has 2 amide bonds. The highest BCUT2D eigenvalue weighted by atomic mass is 35.5. The molecule has 1 atom stereocenters. The van der Waals surface area contributed by atoms with Crippen molar-refractivity contribution in [3.63, 3.8) is 0 Å². The van der Waals surface area contributed by atoms with Crippen LogP contribution in [0.3, 0.4) is 0 Å². The zero-order chi connectivity index (χ0) is 17.9. The number of carbonyl (C=O) groups excluding carboxylic acids is 2. The Labute approximate surface area is 146 Å². The van der Waals surface area contributed by atoms with Crippen LogP contribution < -0.4 is 9.64 Å². The molecule has 0 saturated carbocycles. The molecule has 1 aromatic rings. The normalized spacial score (nSPS) is 22.2. The lowest BCUT2D eigenvalue weighted by Gasteiger charge is -2.19. The van der Waals surface area contributed by atoms with Gasteiger partial charge in [-0.05, 0) is 31.7 Å². The molecule has 0 radical (unpaired) electrons. The SMILES string of the molecule is O=C(O)C1Cc2c(c(Cl)cc(F)c2N2C(=O)C3=C(CCCC3)C2=O)O1. The minimum absolute atomic E-state index is 0.0101. The van der Waals surface area contributed by atoms with E-state index in [1.165, 1.54) is 0 Å². The Morgan fingerprint density at radius 2 is 1.84 bits per heavy atom. The lowest BCUT2D eigenvalue weighted by Crippen LogP contribution is -2.33. The Morgan fingerprint density at radius 3 is 2.40 bits per heavy atom. The molecule has 8 heteroatoms. The van der Waals surface area contributed by atoms with Gasteiger partial charge in [0.2, 0.25) is 0 Å². The summed E-state index contributed by atoms with van der Waals surface area (Å²) in [4.78, 5) is 37.4. The van der Waals surface area contributed by atoms with Crippen molar-refractivity contribution in [3.8, 4) is 5.75 Å². The molecule has 0 bridgehead atoms. The van der Waals surface area contributed by atoms with Gasteiger partial charge < -0.3 is 9.84 Å². The number of carboxylic acids is 1. The number of carbonyl (C=O) groups is 3. The molecular weight excluding hydrogens is 353 g/mol. The summed E-state index contributed by atoms with van der Waals surface area (Å²) in [6, 6.07) is 0.942. The van der Waals surface area contributed by atoms with Crippen LogP contribution in [0, 0.1) is 5.82 Å². The van der Waals surface area contributed by atoms with E-state index in [1.807, 2.05) is 0 Å². The summed E-state index contributed by atoms with van der Waals surface area (Å²) in [5, 5.41) is 9.07. The number of benzene rings is 1. The molecule has 4 rings (SSSR count). The van der Waals surface area contributed by atoms with Crippen LogP contribution in [0.15, 0.2) is 17.2 Å². The van der Waals surface area contributed by atoms with Crippen LogP contribution in [0.1, 0.15) is 31.2 Å². The van der Waals surface area contributed by atoms with E-state index in [2.05, 4.69) is 0 Å². The van der Waals surface area contributed by atoms with Crippen molar-refractivity contribution in [1.29, 1.82) is 0 Å². The number of hydrogen-bond acceptors (Lipinski definition) is 4. The molecule has 2 aliphatic heterocycles. The van der Waals surface area contributed by atoms with E-state index in [-0.39, 0.29) is 28.4 Å². The van der Waals surface area contributed by atoms with E-state index in [4.69, 9.17) is 21.4 Å². The Morgan fingerprint density at radius 1 is 1.24 bits per heavy atom. The number of hydrogen-bond donors (Lipinski definition) is 1. The maximum Gasteiger partial charge on any atom is 0.345 e. The maximum atomic E-state index is 14.7. The predicted octanol–water partition coefficient (Wildman–Crippen LogP) is 2.61. The predicted molar refractivity (Wildman–Crippen MR) is 85.2 cm³/mol. The van der Waals surface area contributed by atoms with Gasteiger partial charge >= 0.3 is 5.97 Å². The number of rotatable bonds is 2. The van der Waals surface area contributed by atoms with Crippen molar-refractivity contribution in [2.45, 2.75) is 38.2 Å². The summed E-state index contributed by atoms with van der Waals surface area (Å²) in [5.41, 5.74) is 0.743. The summed E-state index contributed by atoms with van der Waals surface area (Å²) in [7, 11) is 0. The number of nitrogens with zero attached hydrogens (tertiary/aromatic N) is 1. The topological polar surface area (TPSA) is 83.9 Å². The second-order valence-electron chi connectivity index (χ2n) is 6.26. The molecule has 25 heavy (non-hydrogen) atoms.